The fraction of sp³-hybridized carbons (Fsp3) is 0.125. The second-order valence-corrected chi connectivity index (χ2v) is 5.43. The molecule has 1 aliphatic carbocycles. The number of halogens is 4. The van der Waals surface area contributed by atoms with E-state index in [0.717, 1.165) is 24.3 Å². The number of pyridine rings is 1. The van der Waals surface area contributed by atoms with Crippen molar-refractivity contribution >= 4 is 34.6 Å². The molecule has 0 amide bonds. The van der Waals surface area contributed by atoms with Gasteiger partial charge in [0.1, 0.15) is 16.8 Å². The lowest BCUT2D eigenvalue weighted by Gasteiger charge is -2.18. The average Bonchev–Trinajstić information content (AvgIpc) is 2.56. The number of aliphatic imine (C=N–C) groups is 1. The number of Topliss-reactive ketones (excluding diaryl/α,β-unsaturated/α-hetero) is 2. The summed E-state index contributed by atoms with van der Waals surface area (Å²) >= 11 is 6.00. The third-order valence-electron chi connectivity index (χ3n) is 3.44. The van der Waals surface area contributed by atoms with Gasteiger partial charge in [0, 0.05) is 11.8 Å². The van der Waals surface area contributed by atoms with Crippen molar-refractivity contribution in [2.24, 2.45) is 4.99 Å². The van der Waals surface area contributed by atoms with Crippen molar-refractivity contribution in [3.8, 4) is 0 Å². The highest BCUT2D eigenvalue weighted by Crippen LogP contribution is 2.31. The molecule has 1 heterocycles. The second-order valence-electron chi connectivity index (χ2n) is 5.00. The second kappa shape index (κ2) is 5.83. The van der Waals surface area contributed by atoms with Crippen LogP contribution in [0.25, 0.3) is 0 Å². The van der Waals surface area contributed by atoms with Gasteiger partial charge in [-0.1, -0.05) is 0 Å². The summed E-state index contributed by atoms with van der Waals surface area (Å²) in [6, 6.07) is 6.82. The van der Waals surface area contributed by atoms with Crippen LogP contribution in [0.1, 0.15) is 26.4 Å². The summed E-state index contributed by atoms with van der Waals surface area (Å²) < 4.78 is 37.7. The van der Waals surface area contributed by atoms with E-state index in [-0.39, 0.29) is 22.7 Å². The number of hydrogen-bond donors (Lipinski definition) is 0. The lowest BCUT2D eigenvalue weighted by atomic mass is 9.91. The summed E-state index contributed by atoms with van der Waals surface area (Å²) in [4.78, 5) is 32.4. The highest BCUT2D eigenvalue weighted by atomic mass is 35.5. The number of rotatable bonds is 1. The number of nitrogens with zero attached hydrogens (tertiary/aromatic N) is 2. The monoisotopic (exact) mass is 352 g/mol. The van der Waals surface area contributed by atoms with Gasteiger partial charge < -0.3 is 0 Å². The first-order chi connectivity index (χ1) is 11.3. The molecule has 0 fully saturated rings. The minimum atomic E-state index is -4.47. The predicted octanol–water partition coefficient (Wildman–Crippen LogP) is 3.86. The minimum Gasteiger partial charge on any atom is -0.292 e. The molecule has 0 spiro atoms. The number of aromatic nitrogens is 1. The zero-order valence-corrected chi connectivity index (χ0v) is 12.6. The number of hydrogen-bond acceptors (Lipinski definition) is 4. The summed E-state index contributed by atoms with van der Waals surface area (Å²) in [6.45, 7) is 0. The molecular formula is C16H8ClF3N2O2. The largest absolute Gasteiger partial charge is 0.416 e. The van der Waals surface area contributed by atoms with Gasteiger partial charge in [-0.2, -0.15) is 13.2 Å². The number of benzene rings is 1. The minimum absolute atomic E-state index is 0.0648. The third-order valence-corrected chi connectivity index (χ3v) is 3.84. The molecule has 1 aromatic carbocycles. The summed E-state index contributed by atoms with van der Waals surface area (Å²) in [5.41, 5.74) is -0.970. The Morgan fingerprint density at radius 1 is 1.08 bits per heavy atom. The molecule has 0 saturated heterocycles. The van der Waals surface area contributed by atoms with Crippen molar-refractivity contribution in [2.75, 3.05) is 0 Å². The predicted molar refractivity (Wildman–Crippen MR) is 81.1 cm³/mol. The van der Waals surface area contributed by atoms with Crippen LogP contribution in [0.4, 0.5) is 18.9 Å². The summed E-state index contributed by atoms with van der Waals surface area (Å²) in [7, 11) is 0. The summed E-state index contributed by atoms with van der Waals surface area (Å²) in [6.07, 6.45) is -3.12. The van der Waals surface area contributed by atoms with Crippen LogP contribution in [0.5, 0.6) is 0 Å². The maximum absolute atomic E-state index is 12.6. The Morgan fingerprint density at radius 2 is 1.75 bits per heavy atom. The highest BCUT2D eigenvalue weighted by molar-refractivity contribution is 6.64. The maximum Gasteiger partial charge on any atom is 0.416 e. The van der Waals surface area contributed by atoms with Crippen LogP contribution >= 0.6 is 11.6 Å². The van der Waals surface area contributed by atoms with E-state index in [0.29, 0.717) is 0 Å². The molecule has 4 nitrogen and oxygen atoms in total. The molecule has 24 heavy (non-hydrogen) atoms. The van der Waals surface area contributed by atoms with Gasteiger partial charge in [-0.05, 0) is 36.4 Å². The maximum atomic E-state index is 12.6. The molecule has 0 saturated carbocycles. The molecule has 1 atom stereocenters. The number of fused-ring (bicyclic) bond motifs is 1. The Kier molecular flexibility index (Phi) is 3.96. The van der Waals surface area contributed by atoms with Gasteiger partial charge in [0.15, 0.2) is 5.78 Å². The van der Waals surface area contributed by atoms with Crippen molar-refractivity contribution in [1.82, 2.24) is 4.98 Å². The van der Waals surface area contributed by atoms with E-state index >= 15 is 0 Å². The Bertz CT molecular complexity index is 860. The van der Waals surface area contributed by atoms with Gasteiger partial charge in [0.05, 0.1) is 11.3 Å². The van der Waals surface area contributed by atoms with Gasteiger partial charge in [0.25, 0.3) is 0 Å². The average molecular weight is 353 g/mol. The van der Waals surface area contributed by atoms with E-state index in [2.05, 4.69) is 9.98 Å². The quantitative estimate of drug-likeness (QED) is 0.732. The van der Waals surface area contributed by atoms with E-state index in [1.807, 2.05) is 0 Å². The van der Waals surface area contributed by atoms with Crippen LogP contribution in [0.3, 0.4) is 0 Å². The van der Waals surface area contributed by atoms with Crippen LogP contribution in [-0.4, -0.2) is 27.6 Å². The number of ketones is 2. The normalized spacial score (nSPS) is 19.5. The van der Waals surface area contributed by atoms with Crippen LogP contribution in [0.2, 0.25) is 0 Å². The van der Waals surface area contributed by atoms with E-state index in [1.54, 1.807) is 0 Å². The molecule has 1 aromatic heterocycles. The van der Waals surface area contributed by atoms with Gasteiger partial charge in [-0.25, -0.2) is 4.99 Å². The van der Waals surface area contributed by atoms with Gasteiger partial charge in [0.2, 0.25) is 5.78 Å². The standard InChI is InChI=1S/C16H8ClF3N2O2/c17-11-13(15(24)12-10(14(11)23)2-1-7-21-12)22-9-5-3-8(4-6-9)16(18,19)20/h1-7,11H. The van der Waals surface area contributed by atoms with E-state index in [1.165, 1.54) is 18.3 Å². The van der Waals surface area contributed by atoms with Gasteiger partial charge >= 0.3 is 6.18 Å². The van der Waals surface area contributed by atoms with Crippen LogP contribution in [0.15, 0.2) is 47.6 Å². The number of carbonyl (C=O) groups excluding carboxylic acids is 2. The zero-order valence-electron chi connectivity index (χ0n) is 11.8. The number of carbonyl (C=O) groups is 2. The molecule has 2 aromatic rings. The molecule has 1 unspecified atom stereocenters. The Labute approximate surface area is 139 Å². The van der Waals surface area contributed by atoms with Crippen LogP contribution in [-0.2, 0) is 6.18 Å². The molecule has 8 heteroatoms. The summed E-state index contributed by atoms with van der Waals surface area (Å²) in [5.74, 6) is -1.14. The fourth-order valence-electron chi connectivity index (χ4n) is 2.25. The van der Waals surface area contributed by atoms with Crippen molar-refractivity contribution in [1.29, 1.82) is 0 Å². The molecular weight excluding hydrogens is 345 g/mol. The lowest BCUT2D eigenvalue weighted by molar-refractivity contribution is -0.137. The Hall–Kier alpha value is -2.54. The van der Waals surface area contributed by atoms with Crippen molar-refractivity contribution in [2.45, 2.75) is 11.6 Å². The van der Waals surface area contributed by atoms with E-state index < -0.39 is 28.7 Å². The van der Waals surface area contributed by atoms with Crippen molar-refractivity contribution in [3.63, 3.8) is 0 Å². The van der Waals surface area contributed by atoms with E-state index in [4.69, 9.17) is 11.6 Å². The van der Waals surface area contributed by atoms with Crippen LogP contribution < -0.4 is 0 Å². The lowest BCUT2D eigenvalue weighted by Crippen LogP contribution is -2.38. The van der Waals surface area contributed by atoms with E-state index in [9.17, 15) is 22.8 Å². The van der Waals surface area contributed by atoms with Crippen molar-refractivity contribution < 1.29 is 22.8 Å². The molecule has 0 radical (unpaired) electrons. The molecule has 0 N–H and O–H groups in total. The zero-order chi connectivity index (χ0) is 17.5. The number of alkyl halides is 4. The summed E-state index contributed by atoms with van der Waals surface area (Å²) in [5, 5.41) is -1.31. The molecule has 122 valence electrons. The molecule has 0 aliphatic heterocycles. The van der Waals surface area contributed by atoms with Crippen LogP contribution in [0, 0.1) is 0 Å². The first kappa shape index (κ1) is 16.3. The van der Waals surface area contributed by atoms with Gasteiger partial charge in [-0.15, -0.1) is 11.6 Å². The van der Waals surface area contributed by atoms with Gasteiger partial charge in [-0.3, -0.25) is 14.6 Å². The first-order valence-electron chi connectivity index (χ1n) is 6.73. The Balaban J connectivity index is 2.01. The third kappa shape index (κ3) is 2.82. The molecule has 1 aliphatic rings. The molecule has 0 bridgehead atoms. The SMILES string of the molecule is O=C1C(=Nc2ccc(C(F)(F)F)cc2)C(Cl)C(=O)c2cccnc21. The Morgan fingerprint density at radius 3 is 2.38 bits per heavy atom. The first-order valence-corrected chi connectivity index (χ1v) is 7.16. The molecule has 3 rings (SSSR count). The topological polar surface area (TPSA) is 59.4 Å². The van der Waals surface area contributed by atoms with Crippen molar-refractivity contribution in [3.05, 3.63) is 59.4 Å². The smallest absolute Gasteiger partial charge is 0.292 e. The fourth-order valence-corrected chi connectivity index (χ4v) is 2.52. The highest BCUT2D eigenvalue weighted by Gasteiger charge is 2.38.